The molecule has 0 aromatic heterocycles. The summed E-state index contributed by atoms with van der Waals surface area (Å²) in [5.41, 5.74) is 0.355. The summed E-state index contributed by atoms with van der Waals surface area (Å²) in [6.07, 6.45) is 0. The molecule has 11 heteroatoms. The third kappa shape index (κ3) is 9.53. The largest absolute Gasteiger partial charge is 0.541 e. The second-order valence-electron chi connectivity index (χ2n) is 8.15. The fourth-order valence-electron chi connectivity index (χ4n) is 2.08. The standard InChI is InChI=1S/C20H33NO9Si/c1-20(2,3)31(5,6)30-17-8-7-16(15-18(17)25-4)19(22)28-13-11-26-9-10-27-12-14-29-21(23)24/h7-8,15H,9-14H2,1-6H3. The lowest BCUT2D eigenvalue weighted by Gasteiger charge is -2.36. The third-order valence-corrected chi connectivity index (χ3v) is 9.17. The van der Waals surface area contributed by atoms with Crippen LogP contribution < -0.4 is 9.16 Å². The van der Waals surface area contributed by atoms with Gasteiger partial charge >= 0.3 is 5.97 Å². The molecule has 0 aliphatic carbocycles. The maximum atomic E-state index is 12.3. The maximum absolute atomic E-state index is 12.3. The average molecular weight is 460 g/mol. The van der Waals surface area contributed by atoms with Crippen LogP contribution in [0.4, 0.5) is 0 Å². The molecule has 0 atom stereocenters. The number of nitrogens with zero attached hydrogens (tertiary/aromatic N) is 1. The van der Waals surface area contributed by atoms with Crippen LogP contribution in [-0.4, -0.2) is 66.1 Å². The predicted octanol–water partition coefficient (Wildman–Crippen LogP) is 3.48. The fraction of sp³-hybridized carbons (Fsp3) is 0.650. The summed E-state index contributed by atoms with van der Waals surface area (Å²) in [6, 6.07) is 4.98. The summed E-state index contributed by atoms with van der Waals surface area (Å²) in [4.78, 5) is 26.3. The van der Waals surface area contributed by atoms with E-state index in [9.17, 15) is 14.9 Å². The highest BCUT2D eigenvalue weighted by Gasteiger charge is 2.39. The first-order valence-corrected chi connectivity index (χ1v) is 12.9. The zero-order chi connectivity index (χ0) is 23.5. The van der Waals surface area contributed by atoms with E-state index in [-0.39, 0.29) is 44.7 Å². The minimum atomic E-state index is -2.05. The summed E-state index contributed by atoms with van der Waals surface area (Å²) in [5.74, 6) is 0.597. The van der Waals surface area contributed by atoms with E-state index in [4.69, 9.17) is 23.4 Å². The van der Waals surface area contributed by atoms with E-state index >= 15 is 0 Å². The van der Waals surface area contributed by atoms with Gasteiger partial charge in [0.25, 0.3) is 13.4 Å². The number of methoxy groups -OCH3 is 1. The van der Waals surface area contributed by atoms with E-state index in [1.807, 2.05) is 0 Å². The average Bonchev–Trinajstić information content (AvgIpc) is 2.68. The molecule has 0 heterocycles. The van der Waals surface area contributed by atoms with Crippen molar-refractivity contribution in [2.45, 2.75) is 38.9 Å². The van der Waals surface area contributed by atoms with E-state index in [0.717, 1.165) is 0 Å². The van der Waals surface area contributed by atoms with Gasteiger partial charge in [-0.3, -0.25) is 0 Å². The highest BCUT2D eigenvalue weighted by molar-refractivity contribution is 6.74. The van der Waals surface area contributed by atoms with Crippen molar-refractivity contribution in [3.05, 3.63) is 33.9 Å². The summed E-state index contributed by atoms with van der Waals surface area (Å²) in [7, 11) is -0.517. The Hall–Kier alpha value is -2.37. The molecule has 1 aromatic carbocycles. The number of ether oxygens (including phenoxy) is 4. The number of hydrogen-bond donors (Lipinski definition) is 0. The van der Waals surface area contributed by atoms with Crippen LogP contribution in [0.2, 0.25) is 18.1 Å². The Balaban J connectivity index is 2.41. The fourth-order valence-corrected chi connectivity index (χ4v) is 3.10. The van der Waals surface area contributed by atoms with Gasteiger partial charge in [0.15, 0.2) is 5.75 Å². The molecule has 0 aliphatic rings. The van der Waals surface area contributed by atoms with Gasteiger partial charge in [-0.1, -0.05) is 20.8 Å². The second kappa shape index (κ2) is 12.5. The minimum Gasteiger partial charge on any atom is -0.541 e. The van der Waals surface area contributed by atoms with Gasteiger partial charge in [-0.2, -0.15) is 0 Å². The van der Waals surface area contributed by atoms with Crippen LogP contribution in [-0.2, 0) is 19.0 Å². The van der Waals surface area contributed by atoms with E-state index in [2.05, 4.69) is 38.7 Å². The third-order valence-electron chi connectivity index (χ3n) is 4.83. The van der Waals surface area contributed by atoms with E-state index in [0.29, 0.717) is 17.1 Å². The Bertz CT molecular complexity index is 719. The topological polar surface area (TPSA) is 116 Å². The Morgan fingerprint density at radius 3 is 2.13 bits per heavy atom. The van der Waals surface area contributed by atoms with Crippen LogP contribution in [0, 0.1) is 10.1 Å². The first kappa shape index (κ1) is 26.7. The first-order chi connectivity index (χ1) is 14.5. The molecule has 31 heavy (non-hydrogen) atoms. The Labute approximate surface area is 183 Å². The molecule has 0 unspecified atom stereocenters. The summed E-state index contributed by atoms with van der Waals surface area (Å²) >= 11 is 0. The molecular weight excluding hydrogens is 426 g/mol. The lowest BCUT2D eigenvalue weighted by molar-refractivity contribution is -0.758. The number of rotatable bonds is 14. The Morgan fingerprint density at radius 2 is 1.58 bits per heavy atom. The van der Waals surface area contributed by atoms with Gasteiger partial charge in [0.2, 0.25) is 0 Å². The van der Waals surface area contributed by atoms with E-state index in [1.54, 1.807) is 18.2 Å². The van der Waals surface area contributed by atoms with E-state index in [1.165, 1.54) is 7.11 Å². The number of esters is 1. The zero-order valence-electron chi connectivity index (χ0n) is 19.1. The molecule has 1 rings (SSSR count). The molecule has 0 radical (unpaired) electrons. The molecular formula is C20H33NO9Si. The molecule has 0 aliphatic heterocycles. The van der Waals surface area contributed by atoms with Crippen molar-refractivity contribution < 1.29 is 38.1 Å². The second-order valence-corrected chi connectivity index (χ2v) is 12.9. The summed E-state index contributed by atoms with van der Waals surface area (Å²) < 4.78 is 27.3. The minimum absolute atomic E-state index is 0.0312. The Morgan fingerprint density at radius 1 is 1.00 bits per heavy atom. The van der Waals surface area contributed by atoms with Crippen molar-refractivity contribution in [3.8, 4) is 11.5 Å². The van der Waals surface area contributed by atoms with Gasteiger partial charge in [0.05, 0.1) is 39.1 Å². The van der Waals surface area contributed by atoms with Crippen molar-refractivity contribution in [3.63, 3.8) is 0 Å². The van der Waals surface area contributed by atoms with Crippen LogP contribution >= 0.6 is 0 Å². The molecule has 0 N–H and O–H groups in total. The predicted molar refractivity (Wildman–Crippen MR) is 116 cm³/mol. The highest BCUT2D eigenvalue weighted by Crippen LogP contribution is 2.40. The lowest BCUT2D eigenvalue weighted by atomic mass is 10.2. The van der Waals surface area contributed by atoms with Gasteiger partial charge in [-0.15, -0.1) is 10.1 Å². The van der Waals surface area contributed by atoms with Gasteiger partial charge in [-0.05, 0) is 36.3 Å². The Kier molecular flexibility index (Phi) is 10.7. The monoisotopic (exact) mass is 459 g/mol. The van der Waals surface area contributed by atoms with Crippen LogP contribution in [0.15, 0.2) is 18.2 Å². The van der Waals surface area contributed by atoms with Crippen molar-refractivity contribution in [1.29, 1.82) is 0 Å². The molecule has 176 valence electrons. The van der Waals surface area contributed by atoms with Crippen LogP contribution in [0.3, 0.4) is 0 Å². The molecule has 0 amide bonds. The molecule has 0 spiro atoms. The van der Waals surface area contributed by atoms with Gasteiger partial charge in [0.1, 0.15) is 19.0 Å². The van der Waals surface area contributed by atoms with Crippen LogP contribution in [0.1, 0.15) is 31.1 Å². The smallest absolute Gasteiger partial charge is 0.338 e. The summed E-state index contributed by atoms with van der Waals surface area (Å²) in [5, 5.41) is 9.11. The number of hydrogen-bond acceptors (Lipinski definition) is 9. The zero-order valence-corrected chi connectivity index (χ0v) is 20.1. The van der Waals surface area contributed by atoms with Crippen molar-refractivity contribution in [2.75, 3.05) is 46.8 Å². The first-order valence-electron chi connectivity index (χ1n) is 9.95. The molecule has 0 saturated heterocycles. The lowest BCUT2D eigenvalue weighted by Crippen LogP contribution is -2.43. The van der Waals surface area contributed by atoms with Crippen LogP contribution in [0.25, 0.3) is 0 Å². The van der Waals surface area contributed by atoms with Crippen molar-refractivity contribution in [1.82, 2.24) is 0 Å². The van der Waals surface area contributed by atoms with Gasteiger partial charge in [-0.25, -0.2) is 4.79 Å². The normalized spacial score (nSPS) is 11.7. The van der Waals surface area contributed by atoms with Crippen molar-refractivity contribution in [2.24, 2.45) is 0 Å². The quantitative estimate of drug-likeness (QED) is 0.135. The van der Waals surface area contributed by atoms with Crippen LogP contribution in [0.5, 0.6) is 11.5 Å². The van der Waals surface area contributed by atoms with Crippen molar-refractivity contribution >= 4 is 14.3 Å². The molecule has 0 saturated carbocycles. The molecule has 10 nitrogen and oxygen atoms in total. The number of benzene rings is 1. The SMILES string of the molecule is COc1cc(C(=O)OCCOCCOCCO[N+](=O)[O-])ccc1O[Si](C)(C)C(C)(C)C. The molecule has 0 fully saturated rings. The number of carbonyl (C=O) groups is 1. The number of carbonyl (C=O) groups excluding carboxylic acids is 1. The maximum Gasteiger partial charge on any atom is 0.338 e. The van der Waals surface area contributed by atoms with Gasteiger partial charge in [0, 0.05) is 0 Å². The van der Waals surface area contributed by atoms with E-state index < -0.39 is 19.4 Å². The van der Waals surface area contributed by atoms with Gasteiger partial charge < -0.3 is 28.2 Å². The molecule has 1 aromatic rings. The highest BCUT2D eigenvalue weighted by atomic mass is 28.4. The summed E-state index contributed by atoms with van der Waals surface area (Å²) in [6.45, 7) is 11.5. The molecule has 0 bridgehead atoms.